The summed E-state index contributed by atoms with van der Waals surface area (Å²) in [6.07, 6.45) is 0. The van der Waals surface area contributed by atoms with Gasteiger partial charge in [0.2, 0.25) is 0 Å². The molecule has 146 valence electrons. The van der Waals surface area contributed by atoms with Crippen LogP contribution in [-0.4, -0.2) is 9.78 Å². The van der Waals surface area contributed by atoms with Crippen molar-refractivity contribution in [3.63, 3.8) is 0 Å². The largest absolute Gasteiger partial charge is 0.232 e. The van der Waals surface area contributed by atoms with Crippen LogP contribution >= 0.6 is 11.6 Å². The average molecular weight is 401 g/mol. The smallest absolute Gasteiger partial charge is 0.0934 e. The Balaban J connectivity index is 1.93. The van der Waals surface area contributed by atoms with Crippen molar-refractivity contribution in [3.05, 3.63) is 93.5 Å². The molecule has 0 fully saturated rings. The monoisotopic (exact) mass is 400 g/mol. The summed E-state index contributed by atoms with van der Waals surface area (Å²) in [5.41, 5.74) is 11.4. The van der Waals surface area contributed by atoms with E-state index in [1.807, 2.05) is 23.7 Å². The molecule has 4 aromatic rings. The Morgan fingerprint density at radius 3 is 1.83 bits per heavy atom. The van der Waals surface area contributed by atoms with E-state index in [0.29, 0.717) is 0 Å². The Kier molecular flexibility index (Phi) is 5.06. The molecular weight excluding hydrogens is 376 g/mol. The van der Waals surface area contributed by atoms with Gasteiger partial charge in [-0.3, -0.25) is 0 Å². The zero-order chi connectivity index (χ0) is 20.7. The van der Waals surface area contributed by atoms with Crippen molar-refractivity contribution in [1.82, 2.24) is 9.78 Å². The standard InChI is InChI=1S/C26H25ClN2/c1-16-6-9-21(12-19(16)4)25-15-26(22-10-7-17(2)20(5)13-22)29(28-25)23-11-8-18(3)24(27)14-23/h6-15H,1-5H3. The summed E-state index contributed by atoms with van der Waals surface area (Å²) < 4.78 is 2.00. The molecule has 0 unspecified atom stereocenters. The Morgan fingerprint density at radius 2 is 1.21 bits per heavy atom. The van der Waals surface area contributed by atoms with E-state index in [1.165, 1.54) is 22.3 Å². The van der Waals surface area contributed by atoms with Gasteiger partial charge >= 0.3 is 0 Å². The van der Waals surface area contributed by atoms with Gasteiger partial charge in [-0.2, -0.15) is 5.10 Å². The van der Waals surface area contributed by atoms with Gasteiger partial charge in [0.1, 0.15) is 0 Å². The molecule has 3 heteroatoms. The van der Waals surface area contributed by atoms with Gasteiger partial charge in [-0.15, -0.1) is 0 Å². The third-order valence-electron chi connectivity index (χ3n) is 5.71. The molecule has 0 bridgehead atoms. The molecule has 1 aromatic heterocycles. The predicted octanol–water partition coefficient (Wildman–Crippen LogP) is 7.40. The SMILES string of the molecule is Cc1ccc(-c2cc(-c3ccc(C)c(C)c3)n(-c3ccc(C)c(Cl)c3)n2)cc1C. The molecule has 1 heterocycles. The summed E-state index contributed by atoms with van der Waals surface area (Å²) in [5, 5.41) is 5.73. The third-order valence-corrected chi connectivity index (χ3v) is 6.12. The zero-order valence-electron chi connectivity index (χ0n) is 17.5. The summed E-state index contributed by atoms with van der Waals surface area (Å²) in [4.78, 5) is 0. The van der Waals surface area contributed by atoms with Gasteiger partial charge in [-0.25, -0.2) is 4.68 Å². The number of nitrogens with zero attached hydrogens (tertiary/aromatic N) is 2. The Bertz CT molecular complexity index is 1150. The molecule has 0 saturated heterocycles. The van der Waals surface area contributed by atoms with Crippen LogP contribution in [0, 0.1) is 34.6 Å². The van der Waals surface area contributed by atoms with E-state index < -0.39 is 0 Å². The second-order valence-electron chi connectivity index (χ2n) is 7.86. The summed E-state index contributed by atoms with van der Waals surface area (Å²) in [7, 11) is 0. The molecule has 0 radical (unpaired) electrons. The number of benzene rings is 3. The molecule has 3 aromatic carbocycles. The van der Waals surface area contributed by atoms with Crippen molar-refractivity contribution in [2.45, 2.75) is 34.6 Å². The van der Waals surface area contributed by atoms with Gasteiger partial charge in [0.25, 0.3) is 0 Å². The molecule has 0 aliphatic heterocycles. The first-order valence-electron chi connectivity index (χ1n) is 9.85. The molecule has 4 rings (SSSR count). The minimum absolute atomic E-state index is 0.747. The van der Waals surface area contributed by atoms with Crippen molar-refractivity contribution in [2.75, 3.05) is 0 Å². The molecule has 0 aliphatic carbocycles. The third kappa shape index (κ3) is 3.73. The number of rotatable bonds is 3. The lowest BCUT2D eigenvalue weighted by Crippen LogP contribution is -2.00. The minimum atomic E-state index is 0.747. The molecule has 2 nitrogen and oxygen atoms in total. The molecule has 0 spiro atoms. The summed E-state index contributed by atoms with van der Waals surface area (Å²) >= 11 is 6.43. The van der Waals surface area contributed by atoms with Gasteiger partial charge in [-0.05, 0) is 92.8 Å². The van der Waals surface area contributed by atoms with Crippen LogP contribution in [0.3, 0.4) is 0 Å². The molecule has 0 aliphatic rings. The van der Waals surface area contributed by atoms with E-state index in [0.717, 1.165) is 38.8 Å². The Hall–Kier alpha value is -2.84. The minimum Gasteiger partial charge on any atom is -0.232 e. The van der Waals surface area contributed by atoms with Crippen LogP contribution in [0.15, 0.2) is 60.7 Å². The highest BCUT2D eigenvalue weighted by atomic mass is 35.5. The topological polar surface area (TPSA) is 17.8 Å². The van der Waals surface area contributed by atoms with Crippen LogP contribution in [0.5, 0.6) is 0 Å². The lowest BCUT2D eigenvalue weighted by molar-refractivity contribution is 0.891. The maximum Gasteiger partial charge on any atom is 0.0934 e. The number of hydrogen-bond donors (Lipinski definition) is 0. The average Bonchev–Trinajstić information content (AvgIpc) is 3.14. The lowest BCUT2D eigenvalue weighted by atomic mass is 10.0. The van der Waals surface area contributed by atoms with Crippen molar-refractivity contribution in [1.29, 1.82) is 0 Å². The van der Waals surface area contributed by atoms with Crippen LogP contribution in [0.25, 0.3) is 28.2 Å². The van der Waals surface area contributed by atoms with Gasteiger partial charge in [0.15, 0.2) is 0 Å². The molecule has 0 N–H and O–H groups in total. The van der Waals surface area contributed by atoms with Crippen LogP contribution < -0.4 is 0 Å². The van der Waals surface area contributed by atoms with Crippen molar-refractivity contribution >= 4 is 11.6 Å². The number of hydrogen-bond acceptors (Lipinski definition) is 1. The van der Waals surface area contributed by atoms with Crippen molar-refractivity contribution < 1.29 is 0 Å². The first kappa shape index (κ1) is 19.5. The van der Waals surface area contributed by atoms with E-state index in [1.54, 1.807) is 0 Å². The Morgan fingerprint density at radius 1 is 0.621 bits per heavy atom. The lowest BCUT2D eigenvalue weighted by Gasteiger charge is -2.10. The second kappa shape index (κ2) is 7.53. The fraction of sp³-hybridized carbons (Fsp3) is 0.192. The van der Waals surface area contributed by atoms with Crippen LogP contribution in [0.4, 0.5) is 0 Å². The Labute approximate surface area is 177 Å². The quantitative estimate of drug-likeness (QED) is 0.350. The van der Waals surface area contributed by atoms with Gasteiger partial charge in [0, 0.05) is 16.1 Å². The zero-order valence-corrected chi connectivity index (χ0v) is 18.3. The van der Waals surface area contributed by atoms with Crippen molar-refractivity contribution in [2.24, 2.45) is 0 Å². The summed E-state index contributed by atoms with van der Waals surface area (Å²) in [5.74, 6) is 0. The highest BCUT2D eigenvalue weighted by Crippen LogP contribution is 2.31. The van der Waals surface area contributed by atoms with Crippen molar-refractivity contribution in [3.8, 4) is 28.2 Å². The van der Waals surface area contributed by atoms with Crippen LogP contribution in [-0.2, 0) is 0 Å². The van der Waals surface area contributed by atoms with Crippen LogP contribution in [0.1, 0.15) is 27.8 Å². The second-order valence-corrected chi connectivity index (χ2v) is 8.27. The highest BCUT2D eigenvalue weighted by Gasteiger charge is 2.15. The van der Waals surface area contributed by atoms with E-state index in [2.05, 4.69) is 76.2 Å². The van der Waals surface area contributed by atoms with E-state index in [4.69, 9.17) is 16.7 Å². The first-order chi connectivity index (χ1) is 13.8. The summed E-state index contributed by atoms with van der Waals surface area (Å²) in [6.45, 7) is 10.6. The fourth-order valence-electron chi connectivity index (χ4n) is 3.44. The number of halogens is 1. The molecule has 0 amide bonds. The predicted molar refractivity (Wildman–Crippen MR) is 123 cm³/mol. The normalized spacial score (nSPS) is 11.1. The molecule has 29 heavy (non-hydrogen) atoms. The maximum absolute atomic E-state index is 6.43. The van der Waals surface area contributed by atoms with Gasteiger partial charge in [-0.1, -0.05) is 41.9 Å². The van der Waals surface area contributed by atoms with Crippen LogP contribution in [0.2, 0.25) is 5.02 Å². The maximum atomic E-state index is 6.43. The van der Waals surface area contributed by atoms with E-state index >= 15 is 0 Å². The molecule has 0 atom stereocenters. The van der Waals surface area contributed by atoms with E-state index in [-0.39, 0.29) is 0 Å². The fourth-order valence-corrected chi connectivity index (χ4v) is 3.61. The van der Waals surface area contributed by atoms with E-state index in [9.17, 15) is 0 Å². The number of aryl methyl sites for hydroxylation is 5. The molecular formula is C26H25ClN2. The number of aromatic nitrogens is 2. The highest BCUT2D eigenvalue weighted by molar-refractivity contribution is 6.31. The van der Waals surface area contributed by atoms with Gasteiger partial charge in [0.05, 0.1) is 17.1 Å². The van der Waals surface area contributed by atoms with Gasteiger partial charge < -0.3 is 0 Å². The first-order valence-corrected chi connectivity index (χ1v) is 10.2. The molecule has 0 saturated carbocycles. The summed E-state index contributed by atoms with van der Waals surface area (Å²) in [6, 6.07) is 21.3.